The van der Waals surface area contributed by atoms with Gasteiger partial charge in [-0.3, -0.25) is 0 Å². The van der Waals surface area contributed by atoms with Gasteiger partial charge in [0.2, 0.25) is 10.0 Å². The van der Waals surface area contributed by atoms with Crippen molar-refractivity contribution in [3.8, 4) is 0 Å². The van der Waals surface area contributed by atoms with E-state index in [9.17, 15) is 12.8 Å². The monoisotopic (exact) mass is 318 g/mol. The summed E-state index contributed by atoms with van der Waals surface area (Å²) in [4.78, 5) is -0.326. The van der Waals surface area contributed by atoms with Crippen molar-refractivity contribution in [2.75, 3.05) is 20.3 Å². The second kappa shape index (κ2) is 8.43. The van der Waals surface area contributed by atoms with Gasteiger partial charge in [-0.25, -0.2) is 17.5 Å². The molecule has 1 aromatic rings. The Morgan fingerprint density at radius 1 is 1.33 bits per heavy atom. The Hall–Kier alpha value is -1.02. The van der Waals surface area contributed by atoms with Crippen molar-refractivity contribution in [1.29, 1.82) is 0 Å². The van der Waals surface area contributed by atoms with Crippen LogP contribution in [0, 0.1) is 5.82 Å². The van der Waals surface area contributed by atoms with Gasteiger partial charge in [0.05, 0.1) is 6.61 Å². The van der Waals surface area contributed by atoms with Crippen molar-refractivity contribution < 1.29 is 17.5 Å². The number of nitrogens with one attached hydrogen (secondary N) is 2. The van der Waals surface area contributed by atoms with Gasteiger partial charge in [-0.05, 0) is 30.7 Å². The van der Waals surface area contributed by atoms with Crippen LogP contribution in [0.1, 0.15) is 25.8 Å². The van der Waals surface area contributed by atoms with E-state index in [1.54, 1.807) is 6.07 Å². The first-order valence-electron chi connectivity index (χ1n) is 6.95. The van der Waals surface area contributed by atoms with Crippen LogP contribution in [0.4, 0.5) is 4.39 Å². The Balaban J connectivity index is 3.00. The third-order valence-corrected chi connectivity index (χ3v) is 4.58. The third-order valence-electron chi connectivity index (χ3n) is 3.05. The van der Waals surface area contributed by atoms with Gasteiger partial charge in [0, 0.05) is 19.7 Å². The van der Waals surface area contributed by atoms with Crippen LogP contribution in [-0.2, 0) is 21.3 Å². The molecule has 1 unspecified atom stereocenters. The molecule has 0 aliphatic carbocycles. The van der Waals surface area contributed by atoms with Crippen LogP contribution < -0.4 is 10.0 Å². The van der Waals surface area contributed by atoms with Gasteiger partial charge in [-0.15, -0.1) is 0 Å². The maximum atomic E-state index is 13.9. The minimum absolute atomic E-state index is 0.244. The van der Waals surface area contributed by atoms with Crippen LogP contribution in [-0.4, -0.2) is 34.7 Å². The number of ether oxygens (including phenoxy) is 1. The second-order valence-electron chi connectivity index (χ2n) is 4.73. The van der Waals surface area contributed by atoms with Crippen LogP contribution in [0.3, 0.4) is 0 Å². The maximum absolute atomic E-state index is 13.9. The lowest BCUT2D eigenvalue weighted by Gasteiger charge is -2.17. The number of hydrogen-bond donors (Lipinski definition) is 2. The predicted molar refractivity (Wildman–Crippen MR) is 80.1 cm³/mol. The lowest BCUT2D eigenvalue weighted by atomic mass is 10.2. The molecule has 0 saturated heterocycles. The fraction of sp³-hybridized carbons (Fsp3) is 0.571. The topological polar surface area (TPSA) is 67.4 Å². The van der Waals surface area contributed by atoms with Gasteiger partial charge in [0.15, 0.2) is 0 Å². The first kappa shape index (κ1) is 18.0. The first-order valence-corrected chi connectivity index (χ1v) is 8.43. The average molecular weight is 318 g/mol. The molecule has 0 aliphatic heterocycles. The Kier molecular flexibility index (Phi) is 7.24. The van der Waals surface area contributed by atoms with E-state index in [0.29, 0.717) is 13.0 Å². The van der Waals surface area contributed by atoms with Crippen molar-refractivity contribution >= 4 is 10.0 Å². The van der Waals surface area contributed by atoms with E-state index in [2.05, 4.69) is 10.0 Å². The smallest absolute Gasteiger partial charge is 0.243 e. The predicted octanol–water partition coefficient (Wildman–Crippen LogP) is 1.64. The summed E-state index contributed by atoms with van der Waals surface area (Å²) in [6.45, 7) is 5.27. The van der Waals surface area contributed by atoms with E-state index in [-0.39, 0.29) is 17.5 Å². The lowest BCUT2D eigenvalue weighted by molar-refractivity contribution is 0.173. The molecular formula is C14H23FN2O3S. The highest BCUT2D eigenvalue weighted by molar-refractivity contribution is 7.89. The molecule has 0 fully saturated rings. The zero-order chi connectivity index (χ0) is 15.9. The van der Waals surface area contributed by atoms with Crippen LogP contribution in [0.2, 0.25) is 0 Å². The number of rotatable bonds is 9. The standard InChI is InChI=1S/C14H23FN2O3S/c1-4-12(10-20-3)17-21(18,19)14-8-11(9-16-5-2)6-7-13(14)15/h6-8,12,16-17H,4-5,9-10H2,1-3H3. The SMILES string of the molecule is CCNCc1ccc(F)c(S(=O)(=O)NC(CC)COC)c1. The van der Waals surface area contributed by atoms with Gasteiger partial charge >= 0.3 is 0 Å². The fourth-order valence-corrected chi connectivity index (χ4v) is 3.28. The van der Waals surface area contributed by atoms with Crippen LogP contribution in [0.15, 0.2) is 23.1 Å². The minimum atomic E-state index is -3.90. The van der Waals surface area contributed by atoms with Gasteiger partial charge < -0.3 is 10.1 Å². The summed E-state index contributed by atoms with van der Waals surface area (Å²) >= 11 is 0. The number of hydrogen-bond acceptors (Lipinski definition) is 4. The summed E-state index contributed by atoms with van der Waals surface area (Å²) in [6, 6.07) is 3.73. The number of sulfonamides is 1. The largest absolute Gasteiger partial charge is 0.383 e. The Morgan fingerprint density at radius 3 is 2.62 bits per heavy atom. The molecule has 0 heterocycles. The van der Waals surface area contributed by atoms with E-state index >= 15 is 0 Å². The first-order chi connectivity index (χ1) is 9.94. The second-order valence-corrected chi connectivity index (χ2v) is 6.41. The average Bonchev–Trinajstić information content (AvgIpc) is 2.45. The highest BCUT2D eigenvalue weighted by Crippen LogP contribution is 2.17. The van der Waals surface area contributed by atoms with Crippen molar-refractivity contribution in [3.63, 3.8) is 0 Å². The lowest BCUT2D eigenvalue weighted by Crippen LogP contribution is -2.37. The van der Waals surface area contributed by atoms with E-state index in [4.69, 9.17) is 4.74 Å². The van der Waals surface area contributed by atoms with Crippen molar-refractivity contribution in [3.05, 3.63) is 29.6 Å². The van der Waals surface area contributed by atoms with Gasteiger partial charge in [-0.2, -0.15) is 0 Å². The molecule has 0 spiro atoms. The fourth-order valence-electron chi connectivity index (χ4n) is 1.85. The molecule has 21 heavy (non-hydrogen) atoms. The highest BCUT2D eigenvalue weighted by atomic mass is 32.2. The van der Waals surface area contributed by atoms with Gasteiger partial charge in [-0.1, -0.05) is 19.9 Å². The zero-order valence-corrected chi connectivity index (χ0v) is 13.5. The van der Waals surface area contributed by atoms with E-state index < -0.39 is 15.8 Å². The summed E-state index contributed by atoms with van der Waals surface area (Å²) in [5.41, 5.74) is 0.721. The van der Waals surface area contributed by atoms with Crippen LogP contribution >= 0.6 is 0 Å². The van der Waals surface area contributed by atoms with Crippen LogP contribution in [0.25, 0.3) is 0 Å². The number of methoxy groups -OCH3 is 1. The Labute approximate surface area is 125 Å². The molecule has 0 amide bonds. The quantitative estimate of drug-likeness (QED) is 0.726. The summed E-state index contributed by atoms with van der Waals surface area (Å²) in [5, 5.41) is 3.08. The highest BCUT2D eigenvalue weighted by Gasteiger charge is 2.22. The Morgan fingerprint density at radius 2 is 2.05 bits per heavy atom. The summed E-state index contributed by atoms with van der Waals surface area (Å²) in [7, 11) is -2.41. The molecule has 0 bridgehead atoms. The Bertz CT molecular complexity index is 549. The summed E-state index contributed by atoms with van der Waals surface area (Å²) in [5.74, 6) is -0.755. The third kappa shape index (κ3) is 5.35. The molecule has 1 aromatic carbocycles. The zero-order valence-electron chi connectivity index (χ0n) is 12.6. The molecule has 0 saturated carbocycles. The molecule has 1 atom stereocenters. The molecule has 2 N–H and O–H groups in total. The van der Waals surface area contributed by atoms with E-state index in [1.165, 1.54) is 19.2 Å². The molecule has 120 valence electrons. The summed E-state index contributed by atoms with van der Waals surface area (Å²) < 4.78 is 45.9. The van der Waals surface area contributed by atoms with Gasteiger partial charge in [0.1, 0.15) is 10.7 Å². The van der Waals surface area contributed by atoms with E-state index in [0.717, 1.165) is 12.1 Å². The van der Waals surface area contributed by atoms with Crippen LogP contribution in [0.5, 0.6) is 0 Å². The molecule has 5 nitrogen and oxygen atoms in total. The molecule has 0 radical (unpaired) electrons. The van der Waals surface area contributed by atoms with Crippen molar-refractivity contribution in [1.82, 2.24) is 10.0 Å². The van der Waals surface area contributed by atoms with Crippen molar-refractivity contribution in [2.24, 2.45) is 0 Å². The summed E-state index contributed by atoms with van der Waals surface area (Å²) in [6.07, 6.45) is 0.561. The normalized spacial score (nSPS) is 13.3. The maximum Gasteiger partial charge on any atom is 0.243 e. The molecule has 0 aromatic heterocycles. The minimum Gasteiger partial charge on any atom is -0.383 e. The van der Waals surface area contributed by atoms with Gasteiger partial charge in [0.25, 0.3) is 0 Å². The molecular weight excluding hydrogens is 295 g/mol. The number of halogens is 1. The molecule has 1 rings (SSSR count). The number of benzene rings is 1. The van der Waals surface area contributed by atoms with E-state index in [1.807, 2.05) is 13.8 Å². The van der Waals surface area contributed by atoms with Crippen molar-refractivity contribution in [2.45, 2.75) is 37.8 Å². The molecule has 0 aliphatic rings. The molecule has 7 heteroatoms.